The van der Waals surface area contributed by atoms with Crippen LogP contribution < -0.4 is 4.74 Å². The predicted molar refractivity (Wildman–Crippen MR) is 90.0 cm³/mol. The molecule has 0 aromatic heterocycles. The molecule has 0 bridgehead atoms. The number of ether oxygens (including phenoxy) is 1. The first-order chi connectivity index (χ1) is 12.9. The molecule has 136 valence electrons. The van der Waals surface area contributed by atoms with E-state index in [1.54, 1.807) is 6.07 Å². The maximum absolute atomic E-state index is 13.6. The van der Waals surface area contributed by atoms with Gasteiger partial charge >= 0.3 is 0 Å². The van der Waals surface area contributed by atoms with E-state index in [1.165, 1.54) is 24.4 Å². The van der Waals surface area contributed by atoms with E-state index in [-0.39, 0.29) is 46.1 Å². The summed E-state index contributed by atoms with van der Waals surface area (Å²) in [6.45, 7) is 0. The van der Waals surface area contributed by atoms with Gasteiger partial charge in [-0.15, -0.1) is 4.36 Å². The molecule has 3 rings (SSSR count). The van der Waals surface area contributed by atoms with Crippen molar-refractivity contribution in [2.75, 3.05) is 0 Å². The van der Waals surface area contributed by atoms with Crippen LogP contribution in [0, 0.1) is 28.6 Å². The van der Waals surface area contributed by atoms with E-state index < -0.39 is 22.3 Å². The highest BCUT2D eigenvalue weighted by atomic mass is 32.2. The molecule has 1 aliphatic carbocycles. The van der Waals surface area contributed by atoms with Crippen molar-refractivity contribution in [1.29, 1.82) is 10.5 Å². The summed E-state index contributed by atoms with van der Waals surface area (Å²) >= 11 is 0. The number of fused-ring (bicyclic) bond motifs is 1. The van der Waals surface area contributed by atoms with Gasteiger partial charge in [0.05, 0.1) is 11.6 Å². The van der Waals surface area contributed by atoms with E-state index >= 15 is 0 Å². The zero-order chi connectivity index (χ0) is 19.6. The third kappa shape index (κ3) is 3.69. The Balaban J connectivity index is 2.10. The lowest BCUT2D eigenvalue weighted by molar-refractivity contribution is 0.0992. The molecule has 0 N–H and O–H groups in total. The normalized spacial score (nSPS) is 13.9. The second-order valence-electron chi connectivity index (χ2n) is 5.49. The van der Waals surface area contributed by atoms with Crippen molar-refractivity contribution in [3.05, 3.63) is 52.8 Å². The molecular formula is C18H10F3N3O2S. The summed E-state index contributed by atoms with van der Waals surface area (Å²) in [6, 6.07) is 7.92. The van der Waals surface area contributed by atoms with Crippen LogP contribution in [0.4, 0.5) is 13.2 Å². The van der Waals surface area contributed by atoms with Gasteiger partial charge in [0.1, 0.15) is 17.3 Å². The molecule has 2 aromatic carbocycles. The summed E-state index contributed by atoms with van der Waals surface area (Å²) in [5.74, 6) is -3.66. The number of nitriles is 2. The number of benzene rings is 2. The summed E-state index contributed by atoms with van der Waals surface area (Å²) in [5, 5.41) is 17.6. The molecular weight excluding hydrogens is 379 g/mol. The van der Waals surface area contributed by atoms with Gasteiger partial charge in [-0.3, -0.25) is 4.79 Å². The van der Waals surface area contributed by atoms with Crippen LogP contribution in [0.5, 0.6) is 11.5 Å². The number of nitrogens with zero attached hydrogens (tertiary/aromatic N) is 3. The van der Waals surface area contributed by atoms with Gasteiger partial charge in [0.15, 0.2) is 5.78 Å². The second kappa shape index (κ2) is 7.60. The Morgan fingerprint density at radius 3 is 2.63 bits per heavy atom. The lowest BCUT2D eigenvalue weighted by Gasteiger charge is -2.14. The summed E-state index contributed by atoms with van der Waals surface area (Å²) in [5.41, 5.74) is 0.542. The van der Waals surface area contributed by atoms with Crippen molar-refractivity contribution in [3.63, 3.8) is 0 Å². The van der Waals surface area contributed by atoms with Crippen LogP contribution in [0.15, 0.2) is 39.6 Å². The molecule has 9 heteroatoms. The van der Waals surface area contributed by atoms with Crippen molar-refractivity contribution in [3.8, 4) is 23.8 Å². The zero-order valence-corrected chi connectivity index (χ0v) is 14.4. The summed E-state index contributed by atoms with van der Waals surface area (Å²) < 4.78 is 49.1. The number of alkyl halides is 2. The summed E-state index contributed by atoms with van der Waals surface area (Å²) in [7, 11) is -2.05. The fraction of sp³-hybridized carbons (Fsp3) is 0.167. The number of rotatable bonds is 4. The quantitative estimate of drug-likeness (QED) is 0.722. The van der Waals surface area contributed by atoms with Gasteiger partial charge in [0.25, 0.3) is 5.76 Å². The average molecular weight is 389 g/mol. The molecule has 0 heterocycles. The van der Waals surface area contributed by atoms with Gasteiger partial charge in [-0.1, -0.05) is 0 Å². The Kier molecular flexibility index (Phi) is 5.24. The minimum atomic E-state index is -2.92. The van der Waals surface area contributed by atoms with Crippen LogP contribution in [0.25, 0.3) is 0 Å². The Bertz CT molecular complexity index is 1060. The highest BCUT2D eigenvalue weighted by molar-refractivity contribution is 7.87. The van der Waals surface area contributed by atoms with Gasteiger partial charge in [0, 0.05) is 39.2 Å². The van der Waals surface area contributed by atoms with Crippen LogP contribution in [-0.2, 0) is 17.1 Å². The maximum atomic E-state index is 13.6. The summed E-state index contributed by atoms with van der Waals surface area (Å²) in [4.78, 5) is 12.2. The second-order valence-corrected chi connectivity index (χ2v) is 7.10. The van der Waals surface area contributed by atoms with Crippen LogP contribution >= 0.6 is 0 Å². The number of carbonyl (C=O) groups is 1. The summed E-state index contributed by atoms with van der Waals surface area (Å²) in [6.07, 6.45) is 1.75. The minimum absolute atomic E-state index is 0.00615. The molecule has 0 spiro atoms. The lowest BCUT2D eigenvalue weighted by atomic mass is 10.1. The molecule has 5 nitrogen and oxygen atoms in total. The Morgan fingerprint density at radius 2 is 1.96 bits per heavy atom. The van der Waals surface area contributed by atoms with Crippen molar-refractivity contribution in [2.45, 2.75) is 23.5 Å². The number of hydrogen-bond donors (Lipinski definition) is 0. The minimum Gasteiger partial charge on any atom is -0.457 e. The smallest absolute Gasteiger partial charge is 0.299 e. The molecule has 0 radical (unpaired) electrons. The molecule has 1 atom stereocenters. The van der Waals surface area contributed by atoms with Crippen molar-refractivity contribution < 1.29 is 22.7 Å². The van der Waals surface area contributed by atoms with Gasteiger partial charge in [0.2, 0.25) is 6.19 Å². The van der Waals surface area contributed by atoms with E-state index in [4.69, 9.17) is 15.3 Å². The molecule has 2 aromatic rings. The van der Waals surface area contributed by atoms with Gasteiger partial charge < -0.3 is 4.74 Å². The number of hydrogen-bond acceptors (Lipinski definition) is 5. The van der Waals surface area contributed by atoms with E-state index in [2.05, 4.69) is 4.36 Å². The Hall–Kier alpha value is -3.17. The number of Topliss-reactive ketones (excluding diaryl/α,β-unsaturated/α-hetero) is 1. The van der Waals surface area contributed by atoms with Gasteiger partial charge in [-0.2, -0.15) is 19.3 Å². The van der Waals surface area contributed by atoms with E-state index in [0.717, 1.165) is 12.1 Å². The molecule has 0 fully saturated rings. The molecule has 1 aliphatic rings. The highest BCUT2D eigenvalue weighted by Gasteiger charge is 2.30. The standard InChI is InChI=1S/C18H10F3N3O2S/c19-11-5-10(8-22)6-12(7-11)26-15-3-4-16(27(18(20)21)24-9-23)17-13(15)1-2-14(17)25/h3-7,18H,1-2H2. The maximum Gasteiger partial charge on any atom is 0.299 e. The topological polar surface area (TPSA) is 86.2 Å². The number of carbonyl (C=O) groups excluding carboxylic acids is 1. The first-order valence-corrected chi connectivity index (χ1v) is 8.88. The molecule has 27 heavy (non-hydrogen) atoms. The lowest BCUT2D eigenvalue weighted by Crippen LogP contribution is -2.08. The van der Waals surface area contributed by atoms with Crippen LogP contribution in [0.1, 0.15) is 27.9 Å². The fourth-order valence-electron chi connectivity index (χ4n) is 2.84. The monoisotopic (exact) mass is 389 g/mol. The zero-order valence-electron chi connectivity index (χ0n) is 13.6. The van der Waals surface area contributed by atoms with Crippen LogP contribution in [0.2, 0.25) is 0 Å². The first-order valence-electron chi connectivity index (χ1n) is 7.63. The largest absolute Gasteiger partial charge is 0.457 e. The van der Waals surface area contributed by atoms with Gasteiger partial charge in [-0.05, 0) is 30.7 Å². The molecule has 0 saturated carbocycles. The number of halogens is 3. The van der Waals surface area contributed by atoms with E-state index in [1.807, 2.05) is 0 Å². The average Bonchev–Trinajstić information content (AvgIpc) is 3.02. The molecule has 0 amide bonds. The third-order valence-corrected chi connectivity index (χ3v) is 5.28. The predicted octanol–water partition coefficient (Wildman–Crippen LogP) is 4.48. The first kappa shape index (κ1) is 18.6. The Labute approximate surface area is 154 Å². The van der Waals surface area contributed by atoms with Gasteiger partial charge in [-0.25, -0.2) is 4.39 Å². The SMILES string of the molecule is N#C/N=S(\c1ccc(Oc2cc(F)cc(C#N)c2)c2c1C(=O)CC2)C(F)F. The fourth-order valence-corrected chi connectivity index (χ4v) is 3.95. The highest BCUT2D eigenvalue weighted by Crippen LogP contribution is 2.38. The van der Waals surface area contributed by atoms with Crippen LogP contribution in [0.3, 0.4) is 0 Å². The Morgan fingerprint density at radius 1 is 1.19 bits per heavy atom. The number of ketones is 1. The van der Waals surface area contributed by atoms with Crippen LogP contribution in [-0.4, -0.2) is 11.5 Å². The molecule has 0 saturated heterocycles. The van der Waals surface area contributed by atoms with Crippen molar-refractivity contribution >= 4 is 16.5 Å². The molecule has 1 unspecified atom stereocenters. The molecule has 0 aliphatic heterocycles. The van der Waals surface area contributed by atoms with Crippen molar-refractivity contribution in [1.82, 2.24) is 0 Å². The third-order valence-electron chi connectivity index (χ3n) is 3.87. The van der Waals surface area contributed by atoms with Crippen molar-refractivity contribution in [2.24, 2.45) is 4.36 Å². The van der Waals surface area contributed by atoms with E-state index in [9.17, 15) is 18.0 Å². The van der Waals surface area contributed by atoms with E-state index in [0.29, 0.717) is 5.56 Å².